The number of urea groups is 1. The molecule has 3 aliphatic rings. The number of imide groups is 1. The van der Waals surface area contributed by atoms with Crippen molar-refractivity contribution in [2.24, 2.45) is 5.92 Å². The van der Waals surface area contributed by atoms with E-state index in [1.54, 1.807) is 11.6 Å². The van der Waals surface area contributed by atoms with Crippen LogP contribution in [-0.2, 0) is 9.53 Å². The standard InChI is InChI=1S/C15H19N2O3/c1-10-5-3-7-12-13(10)14(18)16(2)15(19)17(12)9-11-6-4-8-20-11/h3,5,7,11,13H,4,6,8-9H2,1-2H3/q+1. The van der Waals surface area contributed by atoms with Crippen molar-refractivity contribution < 1.29 is 18.9 Å². The lowest BCUT2D eigenvalue weighted by Gasteiger charge is -2.28. The molecule has 0 aromatic rings. The molecule has 3 rings (SSSR count). The highest BCUT2D eigenvalue weighted by Gasteiger charge is 2.47. The maximum absolute atomic E-state index is 12.4. The number of rotatable bonds is 2. The van der Waals surface area contributed by atoms with Gasteiger partial charge >= 0.3 is 11.9 Å². The third kappa shape index (κ3) is 2.02. The van der Waals surface area contributed by atoms with Gasteiger partial charge in [0.1, 0.15) is 18.2 Å². The number of carbonyl (C=O) groups is 2. The van der Waals surface area contributed by atoms with E-state index in [1.165, 1.54) is 4.90 Å². The molecule has 0 aromatic carbocycles. The molecule has 2 atom stereocenters. The van der Waals surface area contributed by atoms with Gasteiger partial charge in [-0.1, -0.05) is 17.7 Å². The number of carbonyl (C=O) groups excluding carboxylic acids is 2. The number of amides is 3. The van der Waals surface area contributed by atoms with Crippen LogP contribution in [0.25, 0.3) is 0 Å². The zero-order chi connectivity index (χ0) is 14.3. The van der Waals surface area contributed by atoms with Crippen molar-refractivity contribution in [3.63, 3.8) is 0 Å². The minimum Gasteiger partial charge on any atom is -0.374 e. The van der Waals surface area contributed by atoms with Crippen molar-refractivity contribution in [1.82, 2.24) is 4.90 Å². The average molecular weight is 275 g/mol. The Labute approximate surface area is 118 Å². The molecule has 106 valence electrons. The maximum Gasteiger partial charge on any atom is 0.500 e. The van der Waals surface area contributed by atoms with E-state index < -0.39 is 0 Å². The second-order valence-corrected chi connectivity index (χ2v) is 5.55. The first-order valence-corrected chi connectivity index (χ1v) is 7.02. The molecule has 0 aromatic heterocycles. The van der Waals surface area contributed by atoms with Gasteiger partial charge in [-0.3, -0.25) is 0 Å². The quantitative estimate of drug-likeness (QED) is 0.715. The summed E-state index contributed by atoms with van der Waals surface area (Å²) >= 11 is 0. The number of fused-ring (bicyclic) bond motifs is 1. The highest BCUT2D eigenvalue weighted by Crippen LogP contribution is 2.25. The summed E-state index contributed by atoms with van der Waals surface area (Å²) in [6.07, 6.45) is 7.78. The van der Waals surface area contributed by atoms with Gasteiger partial charge in [-0.15, -0.1) is 0 Å². The number of hydrogen-bond donors (Lipinski definition) is 0. The summed E-state index contributed by atoms with van der Waals surface area (Å²) in [5.74, 6) is -0.476. The van der Waals surface area contributed by atoms with Gasteiger partial charge in [-0.25, -0.2) is 4.79 Å². The fourth-order valence-corrected chi connectivity index (χ4v) is 3.05. The van der Waals surface area contributed by atoms with Gasteiger partial charge in [0.2, 0.25) is 0 Å². The topological polar surface area (TPSA) is 49.6 Å². The molecule has 1 fully saturated rings. The molecule has 0 radical (unpaired) electrons. The van der Waals surface area contributed by atoms with E-state index in [2.05, 4.69) is 0 Å². The molecule has 0 spiro atoms. The van der Waals surface area contributed by atoms with Crippen LogP contribution in [0.1, 0.15) is 19.8 Å². The van der Waals surface area contributed by atoms with Crippen molar-refractivity contribution in [1.29, 1.82) is 0 Å². The van der Waals surface area contributed by atoms with Crippen molar-refractivity contribution >= 4 is 17.6 Å². The Morgan fingerprint density at radius 1 is 1.45 bits per heavy atom. The van der Waals surface area contributed by atoms with Gasteiger partial charge < -0.3 is 4.74 Å². The van der Waals surface area contributed by atoms with Crippen LogP contribution in [-0.4, -0.2) is 53.4 Å². The smallest absolute Gasteiger partial charge is 0.374 e. The molecular formula is C15H19N2O3+. The van der Waals surface area contributed by atoms with Crippen LogP contribution in [0, 0.1) is 5.92 Å². The monoisotopic (exact) mass is 275 g/mol. The van der Waals surface area contributed by atoms with Crippen LogP contribution in [0.3, 0.4) is 0 Å². The van der Waals surface area contributed by atoms with Gasteiger partial charge in [0.25, 0.3) is 0 Å². The summed E-state index contributed by atoms with van der Waals surface area (Å²) in [5.41, 5.74) is 1.76. The lowest BCUT2D eigenvalue weighted by molar-refractivity contribution is -0.450. The summed E-state index contributed by atoms with van der Waals surface area (Å²) in [6, 6.07) is -0.254. The number of allylic oxidation sites excluding steroid dienone is 3. The third-order valence-corrected chi connectivity index (χ3v) is 4.19. The Kier molecular flexibility index (Phi) is 3.30. The molecule has 2 aliphatic heterocycles. The predicted octanol–water partition coefficient (Wildman–Crippen LogP) is 1.34. The van der Waals surface area contributed by atoms with Crippen LogP contribution in [0.5, 0.6) is 0 Å². The molecule has 0 N–H and O–H groups in total. The summed E-state index contributed by atoms with van der Waals surface area (Å²) in [5, 5.41) is 0. The van der Waals surface area contributed by atoms with Gasteiger partial charge in [0.15, 0.2) is 0 Å². The van der Waals surface area contributed by atoms with E-state index >= 15 is 0 Å². The second kappa shape index (κ2) is 4.98. The average Bonchev–Trinajstić information content (AvgIpc) is 2.94. The molecule has 5 nitrogen and oxygen atoms in total. The lowest BCUT2D eigenvalue weighted by atomic mass is 9.88. The van der Waals surface area contributed by atoms with Crippen LogP contribution < -0.4 is 0 Å². The van der Waals surface area contributed by atoms with E-state index in [0.717, 1.165) is 30.7 Å². The normalized spacial score (nSPS) is 29.9. The van der Waals surface area contributed by atoms with E-state index in [-0.39, 0.29) is 24.0 Å². The Morgan fingerprint density at radius 3 is 2.95 bits per heavy atom. The zero-order valence-corrected chi connectivity index (χ0v) is 11.8. The Hall–Kier alpha value is -1.75. The van der Waals surface area contributed by atoms with Crippen LogP contribution in [0.2, 0.25) is 0 Å². The molecule has 5 heteroatoms. The lowest BCUT2D eigenvalue weighted by Crippen LogP contribution is -2.54. The summed E-state index contributed by atoms with van der Waals surface area (Å²) in [4.78, 5) is 25.9. The van der Waals surface area contributed by atoms with Gasteiger partial charge in [0, 0.05) is 6.61 Å². The highest BCUT2D eigenvalue weighted by molar-refractivity contribution is 6.17. The third-order valence-electron chi connectivity index (χ3n) is 4.19. The first-order valence-electron chi connectivity index (χ1n) is 7.02. The van der Waals surface area contributed by atoms with E-state index in [4.69, 9.17) is 4.74 Å². The molecule has 1 saturated heterocycles. The van der Waals surface area contributed by atoms with E-state index in [9.17, 15) is 9.59 Å². The summed E-state index contributed by atoms with van der Waals surface area (Å²) < 4.78 is 7.33. The first-order chi connectivity index (χ1) is 9.59. The van der Waals surface area contributed by atoms with E-state index in [1.807, 2.05) is 25.2 Å². The van der Waals surface area contributed by atoms with Gasteiger partial charge in [0.05, 0.1) is 13.2 Å². The molecule has 3 amide bonds. The maximum atomic E-state index is 12.4. The largest absolute Gasteiger partial charge is 0.500 e. The Morgan fingerprint density at radius 2 is 2.25 bits per heavy atom. The molecule has 2 unspecified atom stereocenters. The fourth-order valence-electron chi connectivity index (χ4n) is 3.05. The summed E-state index contributed by atoms with van der Waals surface area (Å²) in [6.45, 7) is 3.22. The van der Waals surface area contributed by atoms with Crippen molar-refractivity contribution in [3.8, 4) is 0 Å². The van der Waals surface area contributed by atoms with Gasteiger partial charge in [-0.05, 0) is 25.8 Å². The molecular weight excluding hydrogens is 256 g/mol. The molecule has 0 bridgehead atoms. The first kappa shape index (κ1) is 13.2. The molecule has 2 heterocycles. The number of nitrogens with zero attached hydrogens (tertiary/aromatic N) is 2. The van der Waals surface area contributed by atoms with Crippen LogP contribution >= 0.6 is 0 Å². The number of hydrogen-bond acceptors (Lipinski definition) is 3. The number of ether oxygens (including phenoxy) is 1. The highest BCUT2D eigenvalue weighted by atomic mass is 16.5. The fraction of sp³-hybridized carbons (Fsp3) is 0.533. The van der Waals surface area contributed by atoms with E-state index in [0.29, 0.717) is 6.54 Å². The second-order valence-electron chi connectivity index (χ2n) is 5.55. The van der Waals surface area contributed by atoms with Crippen molar-refractivity contribution in [3.05, 3.63) is 23.8 Å². The molecule has 20 heavy (non-hydrogen) atoms. The van der Waals surface area contributed by atoms with Crippen LogP contribution in [0.4, 0.5) is 4.79 Å². The zero-order valence-electron chi connectivity index (χ0n) is 11.8. The summed E-state index contributed by atoms with van der Waals surface area (Å²) in [7, 11) is 1.55. The molecule has 1 aliphatic carbocycles. The SMILES string of the molecule is CC1=CC=CC2=[N+](CC3CCCO3)C(=O)N(C)C(=O)C12. The predicted molar refractivity (Wildman–Crippen MR) is 73.7 cm³/mol. The van der Waals surface area contributed by atoms with Crippen molar-refractivity contribution in [2.45, 2.75) is 25.9 Å². The Balaban J connectivity index is 2.00. The minimum absolute atomic E-state index is 0.0771. The molecule has 0 saturated carbocycles. The van der Waals surface area contributed by atoms with Crippen molar-refractivity contribution in [2.75, 3.05) is 20.2 Å². The Bertz CT molecular complexity index is 553. The van der Waals surface area contributed by atoms with Gasteiger partial charge in [-0.2, -0.15) is 14.3 Å². The minimum atomic E-state index is -0.330. The van der Waals surface area contributed by atoms with Crippen LogP contribution in [0.15, 0.2) is 23.8 Å².